The van der Waals surface area contributed by atoms with Crippen molar-refractivity contribution in [2.24, 2.45) is 0 Å². The van der Waals surface area contributed by atoms with Crippen molar-refractivity contribution in [3.63, 3.8) is 0 Å². The largest absolute Gasteiger partial charge is 0.382 e. The zero-order chi connectivity index (χ0) is 20.7. The van der Waals surface area contributed by atoms with Gasteiger partial charge in [0.15, 0.2) is 12.6 Å². The fourth-order valence-corrected chi connectivity index (χ4v) is 3.82. The Kier molecular flexibility index (Phi) is 9.98. The van der Waals surface area contributed by atoms with Crippen LogP contribution in [0.15, 0.2) is 0 Å². The Labute approximate surface area is 166 Å². The van der Waals surface area contributed by atoms with E-state index in [4.69, 9.17) is 42.6 Å². The maximum absolute atomic E-state index is 10.3. The number of ether oxygens (including phenoxy) is 9. The Balaban J connectivity index is 2.24. The van der Waals surface area contributed by atoms with Crippen LogP contribution in [0.4, 0.5) is 0 Å². The summed E-state index contributed by atoms with van der Waals surface area (Å²) in [5, 5.41) is 10.3. The Bertz CT molecular complexity index is 439. The quantitative estimate of drug-likeness (QED) is 0.510. The summed E-state index contributed by atoms with van der Waals surface area (Å²) in [6.45, 7) is 0.587. The highest BCUT2D eigenvalue weighted by atomic mass is 16.7. The van der Waals surface area contributed by atoms with Crippen LogP contribution in [0.1, 0.15) is 6.42 Å². The maximum Gasteiger partial charge on any atom is 0.187 e. The van der Waals surface area contributed by atoms with Gasteiger partial charge in [-0.2, -0.15) is 0 Å². The molecule has 0 radical (unpaired) electrons. The van der Waals surface area contributed by atoms with Crippen LogP contribution in [0.25, 0.3) is 0 Å². The molecule has 28 heavy (non-hydrogen) atoms. The van der Waals surface area contributed by atoms with Gasteiger partial charge in [0.2, 0.25) is 0 Å². The molecule has 2 aliphatic heterocycles. The molecular weight excluding hydrogens is 376 g/mol. The van der Waals surface area contributed by atoms with E-state index in [1.165, 1.54) is 14.2 Å². The second-order valence-corrected chi connectivity index (χ2v) is 6.81. The van der Waals surface area contributed by atoms with Crippen molar-refractivity contribution >= 4 is 0 Å². The van der Waals surface area contributed by atoms with Crippen LogP contribution in [0.2, 0.25) is 0 Å². The fraction of sp³-hybridized carbons (Fsp3) is 1.00. The fourth-order valence-electron chi connectivity index (χ4n) is 3.82. The lowest BCUT2D eigenvalue weighted by Crippen LogP contribution is -2.63. The summed E-state index contributed by atoms with van der Waals surface area (Å²) in [7, 11) is 9.35. The van der Waals surface area contributed by atoms with Gasteiger partial charge in [-0.05, 0) is 0 Å². The summed E-state index contributed by atoms with van der Waals surface area (Å²) in [5.41, 5.74) is 0. The van der Waals surface area contributed by atoms with Crippen LogP contribution in [0, 0.1) is 0 Å². The molecule has 9 atom stereocenters. The predicted octanol–water partition coefficient (Wildman–Crippen LogP) is -0.443. The van der Waals surface area contributed by atoms with Crippen LogP contribution in [-0.2, 0) is 42.6 Å². The minimum absolute atomic E-state index is 0.192. The van der Waals surface area contributed by atoms with Gasteiger partial charge in [-0.3, -0.25) is 0 Å². The van der Waals surface area contributed by atoms with E-state index in [2.05, 4.69) is 0 Å². The van der Waals surface area contributed by atoms with Crippen LogP contribution in [0.5, 0.6) is 0 Å². The minimum Gasteiger partial charge on any atom is -0.382 e. The first kappa shape index (κ1) is 23.9. The molecule has 9 unspecified atom stereocenters. The highest BCUT2D eigenvalue weighted by Gasteiger charge is 2.50. The second-order valence-electron chi connectivity index (χ2n) is 6.81. The molecule has 1 N–H and O–H groups in total. The number of aliphatic hydroxyl groups excluding tert-OH is 1. The lowest BCUT2D eigenvalue weighted by Gasteiger charge is -2.47. The molecule has 0 aliphatic carbocycles. The molecule has 2 heterocycles. The zero-order valence-corrected chi connectivity index (χ0v) is 17.4. The van der Waals surface area contributed by atoms with Crippen molar-refractivity contribution in [3.8, 4) is 0 Å². The van der Waals surface area contributed by atoms with E-state index in [1.54, 1.807) is 28.4 Å². The van der Waals surface area contributed by atoms with Gasteiger partial charge in [0.1, 0.15) is 30.5 Å². The standard InChI is InChI=1S/C18H34O10/c1-20-8-10-7-11(22-3)14(23-4)18(26-10)28-13-12(9-21-2)27-17(19)16(25-6)15(13)24-5/h10-19H,7-9H2,1-6H3. The van der Waals surface area contributed by atoms with E-state index in [9.17, 15) is 5.11 Å². The molecule has 2 rings (SSSR count). The Morgan fingerprint density at radius 1 is 0.750 bits per heavy atom. The second kappa shape index (κ2) is 11.7. The van der Waals surface area contributed by atoms with E-state index in [-0.39, 0.29) is 18.8 Å². The lowest BCUT2D eigenvalue weighted by molar-refractivity contribution is -0.352. The smallest absolute Gasteiger partial charge is 0.187 e. The topological polar surface area (TPSA) is 103 Å². The highest BCUT2D eigenvalue weighted by molar-refractivity contribution is 4.94. The van der Waals surface area contributed by atoms with E-state index < -0.39 is 43.1 Å². The summed E-state index contributed by atoms with van der Waals surface area (Å²) < 4.78 is 50.6. The number of methoxy groups -OCH3 is 6. The first-order valence-electron chi connectivity index (χ1n) is 9.28. The van der Waals surface area contributed by atoms with Gasteiger partial charge in [-0.1, -0.05) is 0 Å². The van der Waals surface area contributed by atoms with Crippen molar-refractivity contribution in [2.75, 3.05) is 55.9 Å². The molecule has 10 nitrogen and oxygen atoms in total. The average Bonchev–Trinajstić information content (AvgIpc) is 2.69. The third-order valence-corrected chi connectivity index (χ3v) is 5.16. The first-order valence-corrected chi connectivity index (χ1v) is 9.28. The third kappa shape index (κ3) is 5.39. The highest BCUT2D eigenvalue weighted by Crippen LogP contribution is 2.32. The van der Waals surface area contributed by atoms with Gasteiger partial charge in [-0.15, -0.1) is 0 Å². The zero-order valence-electron chi connectivity index (χ0n) is 17.4. The molecule has 2 aliphatic rings. The molecule has 0 spiro atoms. The third-order valence-electron chi connectivity index (χ3n) is 5.16. The van der Waals surface area contributed by atoms with Crippen LogP contribution in [0.3, 0.4) is 0 Å². The number of rotatable bonds is 10. The van der Waals surface area contributed by atoms with E-state index in [0.29, 0.717) is 13.0 Å². The summed E-state index contributed by atoms with van der Waals surface area (Å²) in [6.07, 6.45) is -4.83. The van der Waals surface area contributed by atoms with Crippen LogP contribution in [-0.4, -0.2) is 116 Å². The molecule has 10 heteroatoms. The van der Waals surface area contributed by atoms with E-state index in [1.807, 2.05) is 0 Å². The Hall–Kier alpha value is -0.400. The number of hydrogen-bond acceptors (Lipinski definition) is 10. The summed E-state index contributed by atoms with van der Waals surface area (Å²) in [4.78, 5) is 0. The van der Waals surface area contributed by atoms with Crippen molar-refractivity contribution in [2.45, 2.75) is 61.7 Å². The summed E-state index contributed by atoms with van der Waals surface area (Å²) in [5.74, 6) is 0. The van der Waals surface area contributed by atoms with E-state index >= 15 is 0 Å². The molecule has 0 saturated carbocycles. The molecule has 166 valence electrons. The van der Waals surface area contributed by atoms with Gasteiger partial charge in [-0.25, -0.2) is 0 Å². The SMILES string of the molecule is COCC1CC(OC)C(OC)C(OC2C(COC)OC(O)C(OC)C2OC)O1. The lowest BCUT2D eigenvalue weighted by atomic mass is 9.97. The Morgan fingerprint density at radius 2 is 1.39 bits per heavy atom. The van der Waals surface area contributed by atoms with Gasteiger partial charge in [0, 0.05) is 49.1 Å². The normalized spacial score (nSPS) is 41.9. The van der Waals surface area contributed by atoms with Gasteiger partial charge >= 0.3 is 0 Å². The predicted molar refractivity (Wildman–Crippen MR) is 96.0 cm³/mol. The monoisotopic (exact) mass is 410 g/mol. The summed E-state index contributed by atoms with van der Waals surface area (Å²) >= 11 is 0. The van der Waals surface area contributed by atoms with Gasteiger partial charge < -0.3 is 47.7 Å². The average molecular weight is 410 g/mol. The maximum atomic E-state index is 10.3. The molecule has 0 aromatic heterocycles. The molecular formula is C18H34O10. The number of hydrogen-bond donors (Lipinski definition) is 1. The van der Waals surface area contributed by atoms with Crippen molar-refractivity contribution < 1.29 is 47.7 Å². The molecule has 2 saturated heterocycles. The molecule has 0 bridgehead atoms. The molecule has 0 amide bonds. The van der Waals surface area contributed by atoms with E-state index in [0.717, 1.165) is 0 Å². The van der Waals surface area contributed by atoms with Crippen LogP contribution >= 0.6 is 0 Å². The molecule has 2 fully saturated rings. The van der Waals surface area contributed by atoms with Crippen molar-refractivity contribution in [1.29, 1.82) is 0 Å². The Morgan fingerprint density at radius 3 is 1.93 bits per heavy atom. The van der Waals surface area contributed by atoms with Gasteiger partial charge in [0.25, 0.3) is 0 Å². The van der Waals surface area contributed by atoms with Crippen molar-refractivity contribution in [1.82, 2.24) is 0 Å². The van der Waals surface area contributed by atoms with Crippen LogP contribution < -0.4 is 0 Å². The molecule has 0 aromatic rings. The first-order chi connectivity index (χ1) is 13.5. The summed E-state index contributed by atoms with van der Waals surface area (Å²) in [6, 6.07) is 0. The molecule has 0 aromatic carbocycles. The van der Waals surface area contributed by atoms with Gasteiger partial charge in [0.05, 0.1) is 25.4 Å². The number of aliphatic hydroxyl groups is 1. The van der Waals surface area contributed by atoms with Crippen molar-refractivity contribution in [3.05, 3.63) is 0 Å². The minimum atomic E-state index is -1.17.